The van der Waals surface area contributed by atoms with E-state index in [4.69, 9.17) is 9.57 Å². The fraction of sp³-hybridized carbons (Fsp3) is 0.500. The van der Waals surface area contributed by atoms with Crippen molar-refractivity contribution in [3.05, 3.63) is 71.8 Å². The van der Waals surface area contributed by atoms with Gasteiger partial charge in [0.25, 0.3) is 0 Å². The molecule has 3 aliphatic carbocycles. The van der Waals surface area contributed by atoms with Crippen molar-refractivity contribution in [2.45, 2.75) is 66.4 Å². The Morgan fingerprint density at radius 2 is 1.70 bits per heavy atom. The maximum Gasteiger partial charge on any atom is 0.142 e. The van der Waals surface area contributed by atoms with E-state index in [0.29, 0.717) is 17.4 Å². The summed E-state index contributed by atoms with van der Waals surface area (Å²) in [7, 11) is 0. The first-order chi connectivity index (χ1) is 15.9. The van der Waals surface area contributed by atoms with Crippen LogP contribution >= 0.6 is 0 Å². The molecular weight excluding hydrogens is 406 g/mol. The molecule has 33 heavy (non-hydrogen) atoms. The van der Waals surface area contributed by atoms with Crippen molar-refractivity contribution >= 4 is 5.71 Å². The first-order valence-electron chi connectivity index (χ1n) is 12.6. The number of nitrogens with zero attached hydrogens (tertiary/aromatic N) is 1. The molecule has 3 nitrogen and oxygen atoms in total. The summed E-state index contributed by atoms with van der Waals surface area (Å²) in [5.74, 6) is 4.08. The summed E-state index contributed by atoms with van der Waals surface area (Å²) in [5, 5.41) is 4.47. The van der Waals surface area contributed by atoms with E-state index < -0.39 is 0 Å². The zero-order valence-electron chi connectivity index (χ0n) is 20.5. The van der Waals surface area contributed by atoms with E-state index in [1.54, 1.807) is 5.57 Å². The van der Waals surface area contributed by atoms with E-state index in [0.717, 1.165) is 40.5 Å². The summed E-state index contributed by atoms with van der Waals surface area (Å²) in [6.07, 6.45) is 9.17. The largest absolute Gasteiger partial charge is 0.457 e. The standard InChI is InChI=1S/C30H37NO2/c1-21(19-27-25-15-16-26-28(25)29(2,3)17-8-18-30(26,27)4)31-32-20-22-11-13-24(14-12-22)33-23-9-6-5-7-10-23/h5-7,9-14,19,25-26,28H,8,15-18,20H2,1-4H3/b27-19-,31-21+/t25-,26-,28+,30+/m1/s1. The van der Waals surface area contributed by atoms with Crippen LogP contribution in [0, 0.1) is 28.6 Å². The second kappa shape index (κ2) is 8.66. The quantitative estimate of drug-likeness (QED) is 0.333. The topological polar surface area (TPSA) is 30.8 Å². The molecule has 0 aromatic heterocycles. The summed E-state index contributed by atoms with van der Waals surface area (Å²) in [6, 6.07) is 17.9. The lowest BCUT2D eigenvalue weighted by molar-refractivity contribution is 0.130. The SMILES string of the molecule is CC(/C=C1/[C@H]2CC[C@@H]3[C@H]2C(C)(C)CCC[C@]13C)=N\OCc1ccc(Oc2ccccc2)cc1. The van der Waals surface area contributed by atoms with Gasteiger partial charge in [-0.05, 0) is 97.1 Å². The molecule has 2 aromatic carbocycles. The van der Waals surface area contributed by atoms with Crippen molar-refractivity contribution in [2.75, 3.05) is 0 Å². The minimum Gasteiger partial charge on any atom is -0.457 e. The highest BCUT2D eigenvalue weighted by Gasteiger charge is 2.62. The van der Waals surface area contributed by atoms with Crippen LogP contribution in [0.3, 0.4) is 0 Å². The van der Waals surface area contributed by atoms with Gasteiger partial charge in [-0.3, -0.25) is 0 Å². The highest BCUT2D eigenvalue weighted by atomic mass is 16.6. The molecule has 0 aliphatic heterocycles. The van der Waals surface area contributed by atoms with Crippen LogP contribution < -0.4 is 4.74 Å². The Hall–Kier alpha value is -2.55. The molecule has 3 aliphatic rings. The molecule has 0 spiro atoms. The van der Waals surface area contributed by atoms with Crippen LogP contribution in [0.4, 0.5) is 0 Å². The third-order valence-electron chi connectivity index (χ3n) is 8.66. The van der Waals surface area contributed by atoms with E-state index in [2.05, 4.69) is 38.9 Å². The van der Waals surface area contributed by atoms with E-state index in [9.17, 15) is 0 Å². The van der Waals surface area contributed by atoms with Crippen LogP contribution in [0.25, 0.3) is 0 Å². The zero-order chi connectivity index (χ0) is 23.1. The third kappa shape index (κ3) is 4.23. The van der Waals surface area contributed by atoms with Crippen LogP contribution in [0.1, 0.15) is 65.4 Å². The average Bonchev–Trinajstić information content (AvgIpc) is 3.30. The van der Waals surface area contributed by atoms with Gasteiger partial charge in [-0.2, -0.15) is 0 Å². The summed E-state index contributed by atoms with van der Waals surface area (Å²) in [4.78, 5) is 5.74. The van der Waals surface area contributed by atoms with Gasteiger partial charge in [-0.1, -0.05) is 68.3 Å². The number of para-hydroxylation sites is 1. The van der Waals surface area contributed by atoms with Gasteiger partial charge in [0, 0.05) is 0 Å². The fourth-order valence-corrected chi connectivity index (χ4v) is 7.21. The Morgan fingerprint density at radius 1 is 0.970 bits per heavy atom. The maximum atomic E-state index is 5.87. The third-order valence-corrected chi connectivity index (χ3v) is 8.66. The van der Waals surface area contributed by atoms with E-state index >= 15 is 0 Å². The number of allylic oxidation sites excluding steroid dienone is 2. The van der Waals surface area contributed by atoms with Crippen molar-refractivity contribution in [1.29, 1.82) is 0 Å². The Labute approximate surface area is 198 Å². The normalized spacial score (nSPS) is 31.5. The zero-order valence-corrected chi connectivity index (χ0v) is 20.5. The van der Waals surface area contributed by atoms with Gasteiger partial charge in [0.1, 0.15) is 18.1 Å². The Morgan fingerprint density at radius 3 is 2.45 bits per heavy atom. The minimum atomic E-state index is 0.354. The van der Waals surface area contributed by atoms with Crippen LogP contribution in [-0.4, -0.2) is 5.71 Å². The molecule has 3 heteroatoms. The fourth-order valence-electron chi connectivity index (χ4n) is 7.21. The lowest BCUT2D eigenvalue weighted by Gasteiger charge is -2.36. The van der Waals surface area contributed by atoms with Gasteiger partial charge < -0.3 is 9.57 Å². The minimum absolute atomic E-state index is 0.354. The molecule has 174 valence electrons. The summed E-state index contributed by atoms with van der Waals surface area (Å²) < 4.78 is 5.87. The number of ether oxygens (including phenoxy) is 1. The van der Waals surface area contributed by atoms with Gasteiger partial charge in [0.05, 0.1) is 5.71 Å². The van der Waals surface area contributed by atoms with Gasteiger partial charge >= 0.3 is 0 Å². The maximum absolute atomic E-state index is 5.87. The first kappa shape index (κ1) is 22.3. The molecule has 2 aromatic rings. The van der Waals surface area contributed by atoms with Gasteiger partial charge in [-0.15, -0.1) is 0 Å². The number of rotatable bonds is 6. The molecule has 5 rings (SSSR count). The van der Waals surface area contributed by atoms with Gasteiger partial charge in [-0.25, -0.2) is 0 Å². The summed E-state index contributed by atoms with van der Waals surface area (Å²) in [6.45, 7) is 10.1. The van der Waals surface area contributed by atoms with Crippen LogP contribution in [0.2, 0.25) is 0 Å². The molecule has 0 N–H and O–H groups in total. The van der Waals surface area contributed by atoms with Crippen molar-refractivity contribution in [3.8, 4) is 11.5 Å². The molecule has 4 atom stereocenters. The monoisotopic (exact) mass is 443 g/mol. The molecule has 0 unspecified atom stereocenters. The predicted molar refractivity (Wildman–Crippen MR) is 134 cm³/mol. The average molecular weight is 444 g/mol. The molecule has 0 amide bonds. The first-order valence-corrected chi connectivity index (χ1v) is 12.6. The van der Waals surface area contributed by atoms with Crippen molar-refractivity contribution < 1.29 is 9.57 Å². The highest BCUT2D eigenvalue weighted by Crippen LogP contribution is 2.70. The second-order valence-electron chi connectivity index (χ2n) is 11.2. The van der Waals surface area contributed by atoms with Crippen LogP contribution in [0.5, 0.6) is 11.5 Å². The van der Waals surface area contributed by atoms with Gasteiger partial charge in [0.2, 0.25) is 0 Å². The molecule has 0 heterocycles. The molecule has 3 fully saturated rings. The second-order valence-corrected chi connectivity index (χ2v) is 11.2. The number of hydrogen-bond donors (Lipinski definition) is 0. The molecule has 0 radical (unpaired) electrons. The summed E-state index contributed by atoms with van der Waals surface area (Å²) >= 11 is 0. The predicted octanol–water partition coefficient (Wildman–Crippen LogP) is 8.17. The van der Waals surface area contributed by atoms with Crippen molar-refractivity contribution in [3.63, 3.8) is 0 Å². The van der Waals surface area contributed by atoms with E-state index in [-0.39, 0.29) is 0 Å². The Balaban J connectivity index is 1.23. The van der Waals surface area contributed by atoms with Crippen LogP contribution in [0.15, 0.2) is 71.4 Å². The van der Waals surface area contributed by atoms with Gasteiger partial charge in [0.15, 0.2) is 0 Å². The highest BCUT2D eigenvalue weighted by molar-refractivity contribution is 5.93. The Kier molecular flexibility index (Phi) is 5.84. The van der Waals surface area contributed by atoms with Crippen molar-refractivity contribution in [2.24, 2.45) is 33.7 Å². The van der Waals surface area contributed by atoms with E-state index in [1.807, 2.05) is 54.6 Å². The van der Waals surface area contributed by atoms with E-state index in [1.165, 1.54) is 32.1 Å². The molecule has 4 bridgehead atoms. The molecule has 0 saturated heterocycles. The number of hydrogen-bond acceptors (Lipinski definition) is 3. The smallest absolute Gasteiger partial charge is 0.142 e. The van der Waals surface area contributed by atoms with Crippen LogP contribution in [-0.2, 0) is 11.4 Å². The lowest BCUT2D eigenvalue weighted by atomic mass is 9.68. The summed E-state index contributed by atoms with van der Waals surface area (Å²) in [5.41, 5.74) is 4.54. The lowest BCUT2D eigenvalue weighted by Crippen LogP contribution is -2.28. The Bertz CT molecular complexity index is 1040. The molecular formula is C30H37NO2. The number of oxime groups is 1. The molecule has 3 saturated carbocycles. The van der Waals surface area contributed by atoms with Crippen molar-refractivity contribution in [1.82, 2.24) is 0 Å². The number of benzene rings is 2.